The van der Waals surface area contributed by atoms with Crippen LogP contribution in [0.2, 0.25) is 10.2 Å². The van der Waals surface area contributed by atoms with Gasteiger partial charge in [-0.25, -0.2) is 14.6 Å². The number of nitrogens with one attached hydrogen (secondary N) is 1. The van der Waals surface area contributed by atoms with Crippen molar-refractivity contribution in [3.8, 4) is 11.1 Å². The molecule has 0 radical (unpaired) electrons. The number of pyridine rings is 1. The molecule has 0 saturated heterocycles. The maximum absolute atomic E-state index is 12.3. The lowest BCUT2D eigenvalue weighted by Gasteiger charge is -2.15. The van der Waals surface area contributed by atoms with E-state index in [1.54, 1.807) is 0 Å². The Bertz CT molecular complexity index is 1090. The van der Waals surface area contributed by atoms with E-state index >= 15 is 0 Å². The summed E-state index contributed by atoms with van der Waals surface area (Å²) in [5, 5.41) is 11.5. The van der Waals surface area contributed by atoms with Gasteiger partial charge in [-0.05, 0) is 28.3 Å². The Balaban J connectivity index is 1.54. The number of ether oxygens (including phenoxy) is 1. The third-order valence-electron chi connectivity index (χ3n) is 4.72. The third kappa shape index (κ3) is 3.64. The van der Waals surface area contributed by atoms with Crippen LogP contribution in [-0.2, 0) is 4.74 Å². The van der Waals surface area contributed by atoms with Gasteiger partial charge >= 0.3 is 12.1 Å². The van der Waals surface area contributed by atoms with Crippen LogP contribution >= 0.6 is 23.2 Å². The minimum atomic E-state index is -1.34. The van der Waals surface area contributed by atoms with Crippen LogP contribution < -0.4 is 5.32 Å². The number of carbonyl (C=O) groups excluding carboxylic acids is 1. The molecule has 146 valence electrons. The summed E-state index contributed by atoms with van der Waals surface area (Å²) < 4.78 is 5.39. The molecular weight excluding hydrogens is 415 g/mol. The molecule has 8 heteroatoms. The number of amides is 1. The molecule has 4 rings (SSSR count). The molecular formula is C21H14Cl2N2O4. The first-order valence-electron chi connectivity index (χ1n) is 8.67. The number of aromatic carboxylic acids is 1. The molecule has 0 atom stereocenters. The first-order valence-corrected chi connectivity index (χ1v) is 9.42. The van der Waals surface area contributed by atoms with Gasteiger partial charge < -0.3 is 9.84 Å². The average Bonchev–Trinajstić information content (AvgIpc) is 2.99. The Morgan fingerprint density at radius 1 is 1.03 bits per heavy atom. The molecule has 1 heterocycles. The highest BCUT2D eigenvalue weighted by Gasteiger charge is 2.29. The Kier molecular flexibility index (Phi) is 5.13. The number of anilines is 1. The van der Waals surface area contributed by atoms with Crippen molar-refractivity contribution in [3.63, 3.8) is 0 Å². The van der Waals surface area contributed by atoms with Crippen molar-refractivity contribution in [2.45, 2.75) is 5.92 Å². The fraction of sp³-hybridized carbons (Fsp3) is 0.0952. The standard InChI is InChI=1S/C21H14Cl2N2O4/c22-16-9-17(23)24-19(18(16)20(26)27)25-21(28)29-10-15-13-7-3-1-5-11(13)12-6-2-4-8-14(12)15/h1-9,15H,10H2,(H,26,27)(H,24,25,28). The minimum absolute atomic E-state index is 0.0473. The van der Waals surface area contributed by atoms with Crippen LogP contribution in [0.3, 0.4) is 0 Å². The summed E-state index contributed by atoms with van der Waals surface area (Å²) >= 11 is 11.7. The molecule has 1 aromatic heterocycles. The smallest absolute Gasteiger partial charge is 0.412 e. The third-order valence-corrected chi connectivity index (χ3v) is 5.21. The number of hydrogen-bond donors (Lipinski definition) is 2. The van der Waals surface area contributed by atoms with Crippen molar-refractivity contribution in [1.29, 1.82) is 0 Å². The molecule has 0 spiro atoms. The summed E-state index contributed by atoms with van der Waals surface area (Å²) in [6.45, 7) is 0.0799. The molecule has 1 aliphatic rings. The Hall–Kier alpha value is -3.09. The van der Waals surface area contributed by atoms with Crippen molar-refractivity contribution in [3.05, 3.63) is 81.5 Å². The SMILES string of the molecule is O=C(Nc1nc(Cl)cc(Cl)c1C(=O)O)OCC1c2ccccc2-c2ccccc21. The van der Waals surface area contributed by atoms with E-state index in [0.717, 1.165) is 22.3 Å². The van der Waals surface area contributed by atoms with Crippen LogP contribution in [0.15, 0.2) is 54.6 Å². The predicted octanol–water partition coefficient (Wildman–Crippen LogP) is 5.45. The maximum atomic E-state index is 12.3. The van der Waals surface area contributed by atoms with E-state index in [-0.39, 0.29) is 34.1 Å². The summed E-state index contributed by atoms with van der Waals surface area (Å²) in [7, 11) is 0. The van der Waals surface area contributed by atoms with Crippen LogP contribution in [0, 0.1) is 0 Å². The van der Waals surface area contributed by atoms with Gasteiger partial charge in [0.1, 0.15) is 17.3 Å². The predicted molar refractivity (Wildman–Crippen MR) is 110 cm³/mol. The number of carboxylic acids is 1. The number of carboxylic acid groups (broad SMARTS) is 1. The van der Waals surface area contributed by atoms with E-state index < -0.39 is 12.1 Å². The van der Waals surface area contributed by atoms with E-state index in [1.165, 1.54) is 6.07 Å². The van der Waals surface area contributed by atoms with E-state index in [1.807, 2.05) is 48.5 Å². The minimum Gasteiger partial charge on any atom is -0.478 e. The number of fused-ring (bicyclic) bond motifs is 3. The van der Waals surface area contributed by atoms with Crippen molar-refractivity contribution < 1.29 is 19.4 Å². The van der Waals surface area contributed by atoms with Crippen LogP contribution in [-0.4, -0.2) is 28.8 Å². The van der Waals surface area contributed by atoms with Gasteiger partial charge in [0.15, 0.2) is 5.82 Å². The molecule has 3 aromatic rings. The quantitative estimate of drug-likeness (QED) is 0.539. The van der Waals surface area contributed by atoms with E-state index in [0.29, 0.717) is 0 Å². The van der Waals surface area contributed by atoms with E-state index in [4.69, 9.17) is 27.9 Å². The second-order valence-corrected chi connectivity index (χ2v) is 7.20. The normalized spacial score (nSPS) is 12.2. The summed E-state index contributed by atoms with van der Waals surface area (Å²) in [6.07, 6.45) is -0.847. The lowest BCUT2D eigenvalue weighted by molar-refractivity contribution is 0.0698. The molecule has 2 N–H and O–H groups in total. The summed E-state index contributed by atoms with van der Waals surface area (Å²) in [6, 6.07) is 17.1. The van der Waals surface area contributed by atoms with Gasteiger partial charge in [-0.1, -0.05) is 71.7 Å². The van der Waals surface area contributed by atoms with Gasteiger partial charge in [0.25, 0.3) is 0 Å². The fourth-order valence-corrected chi connectivity index (χ4v) is 4.03. The monoisotopic (exact) mass is 428 g/mol. The largest absolute Gasteiger partial charge is 0.478 e. The highest BCUT2D eigenvalue weighted by Crippen LogP contribution is 2.44. The Labute approximate surface area is 176 Å². The first kappa shape index (κ1) is 19.2. The Morgan fingerprint density at radius 3 is 2.21 bits per heavy atom. The highest BCUT2D eigenvalue weighted by molar-refractivity contribution is 6.36. The van der Waals surface area contributed by atoms with Gasteiger partial charge in [0.05, 0.1) is 5.02 Å². The van der Waals surface area contributed by atoms with Crippen molar-refractivity contribution in [2.75, 3.05) is 11.9 Å². The van der Waals surface area contributed by atoms with Crippen LogP contribution in [0.1, 0.15) is 27.4 Å². The second-order valence-electron chi connectivity index (χ2n) is 6.41. The van der Waals surface area contributed by atoms with Crippen molar-refractivity contribution in [2.24, 2.45) is 0 Å². The van der Waals surface area contributed by atoms with Gasteiger partial charge in [-0.2, -0.15) is 0 Å². The zero-order chi connectivity index (χ0) is 20.5. The van der Waals surface area contributed by atoms with Gasteiger partial charge in [0.2, 0.25) is 0 Å². The molecule has 1 aliphatic carbocycles. The lowest BCUT2D eigenvalue weighted by atomic mass is 9.98. The van der Waals surface area contributed by atoms with Crippen LogP contribution in [0.5, 0.6) is 0 Å². The molecule has 1 amide bonds. The molecule has 0 unspecified atom stereocenters. The number of hydrogen-bond acceptors (Lipinski definition) is 4. The topological polar surface area (TPSA) is 88.5 Å². The molecule has 0 saturated carbocycles. The summed E-state index contributed by atoms with van der Waals surface area (Å²) in [4.78, 5) is 27.6. The second kappa shape index (κ2) is 7.73. The van der Waals surface area contributed by atoms with Crippen molar-refractivity contribution in [1.82, 2.24) is 4.98 Å². The lowest BCUT2D eigenvalue weighted by Crippen LogP contribution is -2.20. The summed E-state index contributed by atoms with van der Waals surface area (Å²) in [5.74, 6) is -1.73. The summed E-state index contributed by atoms with van der Waals surface area (Å²) in [5.41, 5.74) is 3.99. The fourth-order valence-electron chi connectivity index (χ4n) is 3.51. The van der Waals surface area contributed by atoms with Crippen LogP contribution in [0.25, 0.3) is 11.1 Å². The number of carbonyl (C=O) groups is 2. The number of aromatic nitrogens is 1. The average molecular weight is 429 g/mol. The van der Waals surface area contributed by atoms with Gasteiger partial charge in [0, 0.05) is 5.92 Å². The Morgan fingerprint density at radius 2 is 1.62 bits per heavy atom. The molecule has 0 bridgehead atoms. The zero-order valence-electron chi connectivity index (χ0n) is 14.9. The highest BCUT2D eigenvalue weighted by atomic mass is 35.5. The van der Waals surface area contributed by atoms with Crippen molar-refractivity contribution >= 4 is 41.1 Å². The van der Waals surface area contributed by atoms with E-state index in [9.17, 15) is 14.7 Å². The molecule has 29 heavy (non-hydrogen) atoms. The van der Waals surface area contributed by atoms with E-state index in [2.05, 4.69) is 10.3 Å². The molecule has 0 aliphatic heterocycles. The number of benzene rings is 2. The number of nitrogens with zero attached hydrogens (tertiary/aromatic N) is 1. The first-order chi connectivity index (χ1) is 14.0. The number of rotatable bonds is 4. The zero-order valence-corrected chi connectivity index (χ0v) is 16.4. The van der Waals surface area contributed by atoms with Gasteiger partial charge in [-0.15, -0.1) is 0 Å². The molecule has 6 nitrogen and oxygen atoms in total. The van der Waals surface area contributed by atoms with Crippen LogP contribution in [0.4, 0.5) is 10.6 Å². The van der Waals surface area contributed by atoms with Gasteiger partial charge in [-0.3, -0.25) is 5.32 Å². The maximum Gasteiger partial charge on any atom is 0.412 e. The molecule has 2 aromatic carbocycles. The molecule has 0 fully saturated rings. The number of halogens is 2.